The number of benzene rings is 8. The lowest BCUT2D eigenvalue weighted by molar-refractivity contribution is 1.01. The van der Waals surface area contributed by atoms with E-state index >= 15 is 0 Å². The van der Waals surface area contributed by atoms with Crippen molar-refractivity contribution in [2.45, 2.75) is 9.79 Å². The molecule has 5 heteroatoms. The first-order valence-corrected chi connectivity index (χ1v) is 18.1. The second-order valence-corrected chi connectivity index (χ2v) is 14.4. The molecule has 0 atom stereocenters. The average molecular weight is 667 g/mol. The highest BCUT2D eigenvalue weighted by Crippen LogP contribution is 2.48. The summed E-state index contributed by atoms with van der Waals surface area (Å²) in [6.07, 6.45) is 0. The van der Waals surface area contributed by atoms with Crippen LogP contribution >= 0.6 is 11.8 Å². The molecule has 3 aromatic heterocycles. The number of rotatable bonds is 2. The molecule has 0 aliphatic carbocycles. The normalized spacial score (nSPS) is 12.6. The van der Waals surface area contributed by atoms with E-state index in [0.717, 1.165) is 38.9 Å². The Bertz CT molecular complexity index is 3280. The predicted molar refractivity (Wildman–Crippen MR) is 213 cm³/mol. The smallest absolute Gasteiger partial charge is 0.235 e. The Kier molecular flexibility index (Phi) is 5.41. The Balaban J connectivity index is 1.31. The van der Waals surface area contributed by atoms with Crippen molar-refractivity contribution in [2.24, 2.45) is 0 Å². The van der Waals surface area contributed by atoms with E-state index in [9.17, 15) is 0 Å². The van der Waals surface area contributed by atoms with Crippen molar-refractivity contribution < 1.29 is 0 Å². The molecule has 0 spiro atoms. The third kappa shape index (κ3) is 3.65. The van der Waals surface area contributed by atoms with Gasteiger partial charge in [-0.3, -0.25) is 4.57 Å². The Morgan fingerprint density at radius 3 is 1.98 bits per heavy atom. The van der Waals surface area contributed by atoms with Crippen LogP contribution in [0.2, 0.25) is 0 Å². The highest BCUT2D eigenvalue weighted by atomic mass is 32.2. The van der Waals surface area contributed by atoms with Crippen LogP contribution in [0.15, 0.2) is 168 Å². The largest absolute Gasteiger partial charge is 0.309 e. The summed E-state index contributed by atoms with van der Waals surface area (Å²) < 4.78 is 4.79. The molecule has 8 aromatic carbocycles. The minimum absolute atomic E-state index is 0.680. The van der Waals surface area contributed by atoms with Gasteiger partial charge in [-0.05, 0) is 58.6 Å². The van der Waals surface area contributed by atoms with Crippen LogP contribution in [0.4, 0.5) is 0 Å². The molecule has 12 rings (SSSR count). The van der Waals surface area contributed by atoms with E-state index in [1.165, 1.54) is 63.9 Å². The Morgan fingerprint density at radius 2 is 1.08 bits per heavy atom. The zero-order valence-corrected chi connectivity index (χ0v) is 28.0. The molecule has 0 N–H and O–H groups in total. The second-order valence-electron chi connectivity index (χ2n) is 13.3. The number of fused-ring (bicyclic) bond motifs is 13. The summed E-state index contributed by atoms with van der Waals surface area (Å²) >= 11 is 1.80. The first-order chi connectivity index (χ1) is 25.3. The van der Waals surface area contributed by atoms with Gasteiger partial charge < -0.3 is 4.57 Å². The van der Waals surface area contributed by atoms with Crippen molar-refractivity contribution in [2.75, 3.05) is 0 Å². The Hall–Kier alpha value is -6.43. The topological polar surface area (TPSA) is 35.6 Å². The minimum atomic E-state index is 0.680. The molecule has 0 amide bonds. The molecule has 0 saturated heterocycles. The Labute approximate surface area is 296 Å². The standard InChI is InChI=1S/C46H26N4S/c1-2-13-29(14-3-1)49-36-25-22-27-11-4-6-15-30(27)40(36)33-24-26-37-41(45(33)49)34-23-21-28-12-5-7-16-31(28)44(34)50(37)46-47-35-18-10-20-39-42(35)43(48-46)32-17-8-9-19-38(32)51-39/h1-26H. The van der Waals surface area contributed by atoms with Crippen molar-refractivity contribution in [3.05, 3.63) is 158 Å². The van der Waals surface area contributed by atoms with E-state index in [-0.39, 0.29) is 0 Å². The molecule has 1 aliphatic rings. The number of hydrogen-bond donors (Lipinski definition) is 0. The van der Waals surface area contributed by atoms with E-state index in [0.29, 0.717) is 5.95 Å². The summed E-state index contributed by atoms with van der Waals surface area (Å²) in [6, 6.07) is 57.0. The van der Waals surface area contributed by atoms with Gasteiger partial charge in [0.05, 0.1) is 33.3 Å². The lowest BCUT2D eigenvalue weighted by Gasteiger charge is -2.20. The average Bonchev–Trinajstić information content (AvgIpc) is 3.72. The van der Waals surface area contributed by atoms with Gasteiger partial charge in [0.25, 0.3) is 0 Å². The van der Waals surface area contributed by atoms with Crippen LogP contribution in [0.3, 0.4) is 0 Å². The molecule has 236 valence electrons. The minimum Gasteiger partial charge on any atom is -0.309 e. The molecular weight excluding hydrogens is 641 g/mol. The van der Waals surface area contributed by atoms with E-state index in [1.807, 2.05) is 0 Å². The van der Waals surface area contributed by atoms with Gasteiger partial charge >= 0.3 is 0 Å². The van der Waals surface area contributed by atoms with Crippen LogP contribution in [-0.4, -0.2) is 19.1 Å². The maximum atomic E-state index is 5.50. The number of hydrogen-bond acceptors (Lipinski definition) is 3. The van der Waals surface area contributed by atoms with Crippen LogP contribution in [0.1, 0.15) is 0 Å². The molecule has 0 unspecified atom stereocenters. The van der Waals surface area contributed by atoms with Crippen LogP contribution in [0, 0.1) is 0 Å². The quantitative estimate of drug-likeness (QED) is 0.184. The lowest BCUT2D eigenvalue weighted by atomic mass is 10.0. The van der Waals surface area contributed by atoms with Gasteiger partial charge in [0, 0.05) is 53.4 Å². The third-order valence-electron chi connectivity index (χ3n) is 10.7. The lowest BCUT2D eigenvalue weighted by Crippen LogP contribution is -2.06. The monoisotopic (exact) mass is 666 g/mol. The summed E-state index contributed by atoms with van der Waals surface area (Å²) in [5.41, 5.74) is 8.81. The molecule has 0 saturated carbocycles. The fourth-order valence-electron chi connectivity index (χ4n) is 8.58. The molecule has 11 aromatic rings. The first-order valence-electron chi connectivity index (χ1n) is 17.3. The molecule has 4 nitrogen and oxygen atoms in total. The van der Waals surface area contributed by atoms with Crippen LogP contribution in [0.5, 0.6) is 0 Å². The van der Waals surface area contributed by atoms with Crippen molar-refractivity contribution in [1.29, 1.82) is 0 Å². The number of aromatic nitrogens is 4. The summed E-state index contributed by atoms with van der Waals surface area (Å²) in [7, 11) is 0. The van der Waals surface area contributed by atoms with Gasteiger partial charge in [-0.1, -0.05) is 127 Å². The van der Waals surface area contributed by atoms with E-state index in [2.05, 4.69) is 167 Å². The van der Waals surface area contributed by atoms with Gasteiger partial charge in [0.15, 0.2) is 0 Å². The number of para-hydroxylation sites is 1. The molecular formula is C46H26N4S. The molecule has 0 radical (unpaired) electrons. The van der Waals surface area contributed by atoms with Crippen molar-refractivity contribution >= 4 is 87.8 Å². The highest BCUT2D eigenvalue weighted by Gasteiger charge is 2.26. The molecule has 1 aliphatic heterocycles. The first kappa shape index (κ1) is 27.4. The molecule has 4 heterocycles. The number of nitrogens with zero attached hydrogens (tertiary/aromatic N) is 4. The summed E-state index contributed by atoms with van der Waals surface area (Å²) in [4.78, 5) is 13.3. The summed E-state index contributed by atoms with van der Waals surface area (Å²) in [5.74, 6) is 0.680. The molecule has 0 bridgehead atoms. The summed E-state index contributed by atoms with van der Waals surface area (Å²) in [5, 5.41) is 10.8. The van der Waals surface area contributed by atoms with Crippen LogP contribution in [-0.2, 0) is 0 Å². The summed E-state index contributed by atoms with van der Waals surface area (Å²) in [6.45, 7) is 0. The van der Waals surface area contributed by atoms with E-state index < -0.39 is 0 Å². The van der Waals surface area contributed by atoms with Crippen molar-refractivity contribution in [1.82, 2.24) is 19.1 Å². The van der Waals surface area contributed by atoms with Crippen LogP contribution in [0.25, 0.3) is 99.0 Å². The van der Waals surface area contributed by atoms with Crippen molar-refractivity contribution in [3.8, 4) is 22.9 Å². The predicted octanol–water partition coefficient (Wildman–Crippen LogP) is 12.3. The molecule has 51 heavy (non-hydrogen) atoms. The van der Waals surface area contributed by atoms with Gasteiger partial charge in [0.1, 0.15) is 0 Å². The Morgan fingerprint density at radius 1 is 0.412 bits per heavy atom. The van der Waals surface area contributed by atoms with E-state index in [4.69, 9.17) is 9.97 Å². The third-order valence-corrected chi connectivity index (χ3v) is 11.8. The van der Waals surface area contributed by atoms with Gasteiger partial charge in [0.2, 0.25) is 5.95 Å². The molecule has 0 fully saturated rings. The van der Waals surface area contributed by atoms with Gasteiger partial charge in [-0.15, -0.1) is 0 Å². The zero-order valence-electron chi connectivity index (χ0n) is 27.2. The van der Waals surface area contributed by atoms with E-state index in [1.54, 1.807) is 11.8 Å². The highest BCUT2D eigenvalue weighted by molar-refractivity contribution is 7.99. The fourth-order valence-corrected chi connectivity index (χ4v) is 9.68. The van der Waals surface area contributed by atoms with Crippen molar-refractivity contribution in [3.63, 3.8) is 0 Å². The van der Waals surface area contributed by atoms with Gasteiger partial charge in [-0.2, -0.15) is 0 Å². The SMILES string of the molecule is c1ccc(-n2c3ccc4ccccc4c3c3ccc4c(c5ccc6ccccc6c5n4-c4nc5c6c(cccc6n4)Sc4ccccc4-5)c32)cc1. The fraction of sp³-hybridized carbons (Fsp3) is 0. The second kappa shape index (κ2) is 10.1. The van der Waals surface area contributed by atoms with Gasteiger partial charge in [-0.25, -0.2) is 9.97 Å². The maximum Gasteiger partial charge on any atom is 0.235 e. The zero-order chi connectivity index (χ0) is 33.2. The van der Waals surface area contributed by atoms with Crippen LogP contribution < -0.4 is 0 Å². The maximum absolute atomic E-state index is 5.50.